The van der Waals surface area contributed by atoms with Crippen molar-refractivity contribution in [1.82, 2.24) is 0 Å². The summed E-state index contributed by atoms with van der Waals surface area (Å²) < 4.78 is 0. The van der Waals surface area contributed by atoms with E-state index in [0.717, 1.165) is 0 Å². The molecule has 0 aliphatic heterocycles. The molecule has 28 valence electrons. The summed E-state index contributed by atoms with van der Waals surface area (Å²) in [6.07, 6.45) is 2.92. The Morgan fingerprint density at radius 2 is 1.80 bits per heavy atom. The molecule has 0 aromatic rings. The summed E-state index contributed by atoms with van der Waals surface area (Å²) in [4.78, 5) is 0. The zero-order valence-corrected chi connectivity index (χ0v) is 4.85. The first-order valence-corrected chi connectivity index (χ1v) is 1.07. The molecule has 5 heavy (non-hydrogen) atoms. The predicted molar refractivity (Wildman–Crippen MR) is 19.1 cm³/mol. The van der Waals surface area contributed by atoms with Crippen LogP contribution < -0.4 is 0 Å². The normalized spacial score (nSPS) is 4.00. The largest absolute Gasteiger partial charge is 0.293 e. The van der Waals surface area contributed by atoms with E-state index < -0.39 is 0 Å². The Kier molecular flexibility index (Phi) is 15.9. The van der Waals surface area contributed by atoms with Crippen LogP contribution >= 0.6 is 0 Å². The molecule has 0 atom stereocenters. The maximum atomic E-state index is 4.78. The fraction of sp³-hybridized carbons (Fsp3) is 0. The van der Waals surface area contributed by atoms with Crippen molar-refractivity contribution in [3.05, 3.63) is 25.3 Å². The van der Waals surface area contributed by atoms with Gasteiger partial charge in [0.2, 0.25) is 0 Å². The molecule has 0 unspecified atom stereocenters. The number of hydrogen-bond donors (Lipinski definition) is 0. The van der Waals surface area contributed by atoms with Crippen LogP contribution in [0.1, 0.15) is 0 Å². The third-order valence-electron chi connectivity index (χ3n) is 0.136. The number of rotatable bonds is 1. The van der Waals surface area contributed by atoms with Crippen LogP contribution in [-0.4, -0.2) is 0 Å². The minimum atomic E-state index is 0. The van der Waals surface area contributed by atoms with E-state index in [1.165, 1.54) is 12.2 Å². The van der Waals surface area contributed by atoms with Crippen molar-refractivity contribution in [1.29, 1.82) is 0 Å². The molecule has 1 heteroatoms. The third kappa shape index (κ3) is 14.4. The van der Waals surface area contributed by atoms with Crippen LogP contribution in [0.15, 0.2) is 18.7 Å². The smallest absolute Gasteiger partial charge is 0 e. The van der Waals surface area contributed by atoms with E-state index in [-0.39, 0.29) is 21.1 Å². The fourth-order valence-corrected chi connectivity index (χ4v) is 0. The summed E-state index contributed by atoms with van der Waals surface area (Å²) in [5.41, 5.74) is 0. The van der Waals surface area contributed by atoms with Gasteiger partial charge in [0.1, 0.15) is 0 Å². The van der Waals surface area contributed by atoms with Crippen molar-refractivity contribution in [3.8, 4) is 0 Å². The molecular weight excluding hydrogens is 144 g/mol. The molecular formula is C4H5Mo-. The second-order valence-electron chi connectivity index (χ2n) is 0.428. The molecule has 0 N–H and O–H groups in total. The van der Waals surface area contributed by atoms with Gasteiger partial charge in [0, 0.05) is 21.1 Å². The van der Waals surface area contributed by atoms with Crippen LogP contribution in [-0.2, 0) is 21.1 Å². The second kappa shape index (κ2) is 8.90. The van der Waals surface area contributed by atoms with Crippen molar-refractivity contribution in [2.75, 3.05) is 0 Å². The van der Waals surface area contributed by atoms with Gasteiger partial charge in [-0.15, -0.1) is 0 Å². The Labute approximate surface area is 46.8 Å². The molecule has 0 aliphatic carbocycles. The van der Waals surface area contributed by atoms with Crippen LogP contribution in [0.3, 0.4) is 0 Å². The van der Waals surface area contributed by atoms with Gasteiger partial charge in [-0.05, 0) is 0 Å². The summed E-state index contributed by atoms with van der Waals surface area (Å²) >= 11 is 0. The van der Waals surface area contributed by atoms with E-state index in [1.54, 1.807) is 0 Å². The summed E-state index contributed by atoms with van der Waals surface area (Å²) in [5.74, 6) is 0. The molecule has 0 spiro atoms. The van der Waals surface area contributed by atoms with Crippen LogP contribution in [0.4, 0.5) is 0 Å². The first kappa shape index (κ1) is 8.95. The SMILES string of the molecule is [CH-]=CC=C.[Mo]. The molecule has 0 bridgehead atoms. The van der Waals surface area contributed by atoms with Crippen molar-refractivity contribution in [2.45, 2.75) is 0 Å². The van der Waals surface area contributed by atoms with Crippen molar-refractivity contribution < 1.29 is 21.1 Å². The van der Waals surface area contributed by atoms with Crippen LogP contribution in [0.25, 0.3) is 0 Å². The maximum absolute atomic E-state index is 4.78. The van der Waals surface area contributed by atoms with E-state index in [9.17, 15) is 0 Å². The molecule has 0 fully saturated rings. The van der Waals surface area contributed by atoms with E-state index in [4.69, 9.17) is 6.58 Å². The standard InChI is InChI=1S/C4H5.Mo/c1-3-4-2;/h1,3-4H,2H2;/q-1;. The fourth-order valence-electron chi connectivity index (χ4n) is 0. The average molecular weight is 149 g/mol. The Morgan fingerprint density at radius 1 is 1.60 bits per heavy atom. The molecule has 0 rings (SSSR count). The molecule has 0 nitrogen and oxygen atoms in total. The van der Waals surface area contributed by atoms with Crippen LogP contribution in [0.5, 0.6) is 0 Å². The quantitative estimate of drug-likeness (QED) is 0.298. The zero-order valence-electron chi connectivity index (χ0n) is 2.85. The van der Waals surface area contributed by atoms with Crippen LogP contribution in [0, 0.1) is 6.58 Å². The van der Waals surface area contributed by atoms with Gasteiger partial charge in [-0.1, -0.05) is 0 Å². The second-order valence-corrected chi connectivity index (χ2v) is 0.428. The molecule has 0 aliphatic rings. The summed E-state index contributed by atoms with van der Waals surface area (Å²) in [6.45, 7) is 8.08. The van der Waals surface area contributed by atoms with E-state index in [2.05, 4.69) is 6.58 Å². The maximum Gasteiger partial charge on any atom is 0 e. The number of hydrogen-bond acceptors (Lipinski definition) is 0. The predicted octanol–water partition coefficient (Wildman–Crippen LogP) is 1.16. The Bertz CT molecular complexity index is 24.6. The minimum Gasteiger partial charge on any atom is -0.293 e. The van der Waals surface area contributed by atoms with E-state index in [1.807, 2.05) is 0 Å². The van der Waals surface area contributed by atoms with Crippen LogP contribution in [0.2, 0.25) is 0 Å². The van der Waals surface area contributed by atoms with Gasteiger partial charge in [0.15, 0.2) is 0 Å². The molecule has 0 heterocycles. The Morgan fingerprint density at radius 3 is 1.80 bits per heavy atom. The van der Waals surface area contributed by atoms with Gasteiger partial charge in [0.05, 0.1) is 0 Å². The molecule has 0 saturated carbocycles. The summed E-state index contributed by atoms with van der Waals surface area (Å²) in [7, 11) is 0. The van der Waals surface area contributed by atoms with Crippen molar-refractivity contribution in [2.24, 2.45) is 0 Å². The number of allylic oxidation sites excluding steroid dienone is 2. The zero-order chi connectivity index (χ0) is 3.41. The molecule has 0 aromatic carbocycles. The van der Waals surface area contributed by atoms with E-state index in [0.29, 0.717) is 0 Å². The summed E-state index contributed by atoms with van der Waals surface area (Å²) in [6, 6.07) is 0. The van der Waals surface area contributed by atoms with Gasteiger partial charge in [0.25, 0.3) is 0 Å². The topological polar surface area (TPSA) is 0 Å². The van der Waals surface area contributed by atoms with Gasteiger partial charge in [-0.25, -0.2) is 12.2 Å². The third-order valence-corrected chi connectivity index (χ3v) is 0.136. The monoisotopic (exact) mass is 151 g/mol. The van der Waals surface area contributed by atoms with Gasteiger partial charge >= 0.3 is 0 Å². The molecule has 0 radical (unpaired) electrons. The van der Waals surface area contributed by atoms with Crippen molar-refractivity contribution >= 4 is 0 Å². The van der Waals surface area contributed by atoms with Gasteiger partial charge in [-0.2, -0.15) is 6.58 Å². The van der Waals surface area contributed by atoms with E-state index >= 15 is 0 Å². The Balaban J connectivity index is 0. The molecule has 0 saturated heterocycles. The summed E-state index contributed by atoms with van der Waals surface area (Å²) in [5, 5.41) is 0. The molecule has 0 amide bonds. The van der Waals surface area contributed by atoms with Gasteiger partial charge < -0.3 is 0 Å². The first-order chi connectivity index (χ1) is 1.91. The first-order valence-electron chi connectivity index (χ1n) is 1.07. The minimum absolute atomic E-state index is 0. The average Bonchev–Trinajstić information content (AvgIpc) is 1.37. The van der Waals surface area contributed by atoms with Gasteiger partial charge in [-0.3, -0.25) is 6.58 Å². The van der Waals surface area contributed by atoms with Crippen molar-refractivity contribution in [3.63, 3.8) is 0 Å². The Hall–Kier alpha value is 0.168. The molecule has 0 aromatic heterocycles.